The summed E-state index contributed by atoms with van der Waals surface area (Å²) in [6.45, 7) is 3.80. The molecule has 1 aromatic heterocycles. The van der Waals surface area contributed by atoms with Gasteiger partial charge in [0.2, 0.25) is 5.88 Å². The van der Waals surface area contributed by atoms with Gasteiger partial charge in [0.1, 0.15) is 11.3 Å². The minimum Gasteiger partial charge on any atom is -0.493 e. The summed E-state index contributed by atoms with van der Waals surface area (Å²) in [6, 6.07) is 10.4. The van der Waals surface area contributed by atoms with Crippen LogP contribution >= 0.6 is 0 Å². The topological polar surface area (TPSA) is 131 Å². The second-order valence-electron chi connectivity index (χ2n) is 11.5. The SMILES string of the molecule is Cc1ccc(-n2c(O)c(C=Nc3ccc(C45CC6CC(CC(C6)C4)C5)cc3[N+](=O)[O-])c(=O)[nH]c2=O)cc1C. The van der Waals surface area contributed by atoms with Crippen molar-refractivity contribution in [3.8, 4) is 11.6 Å². The van der Waals surface area contributed by atoms with E-state index in [1.807, 2.05) is 26.0 Å². The number of nitrogens with zero attached hydrogens (tertiary/aromatic N) is 3. The summed E-state index contributed by atoms with van der Waals surface area (Å²) in [7, 11) is 0. The van der Waals surface area contributed by atoms with E-state index in [4.69, 9.17) is 0 Å². The van der Waals surface area contributed by atoms with Crippen LogP contribution in [0.2, 0.25) is 0 Å². The molecule has 4 aliphatic carbocycles. The second-order valence-corrected chi connectivity index (χ2v) is 11.5. The maximum Gasteiger partial charge on any atom is 0.335 e. The molecule has 0 radical (unpaired) electrons. The molecule has 4 bridgehead atoms. The molecule has 2 N–H and O–H groups in total. The van der Waals surface area contributed by atoms with Crippen molar-refractivity contribution < 1.29 is 10.0 Å². The third-order valence-electron chi connectivity index (χ3n) is 9.03. The highest BCUT2D eigenvalue weighted by Gasteiger charge is 2.51. The van der Waals surface area contributed by atoms with Crippen LogP contribution in [0, 0.1) is 41.7 Å². The van der Waals surface area contributed by atoms with Crippen molar-refractivity contribution in [1.82, 2.24) is 9.55 Å². The highest BCUT2D eigenvalue weighted by Crippen LogP contribution is 2.61. The molecule has 0 spiro atoms. The maximum absolute atomic E-state index is 12.6. The van der Waals surface area contributed by atoms with Crippen molar-refractivity contribution in [3.05, 3.63) is 89.6 Å². The Morgan fingerprint density at radius 2 is 1.68 bits per heavy atom. The number of nitrogens with one attached hydrogen (secondary N) is 1. The van der Waals surface area contributed by atoms with Gasteiger partial charge < -0.3 is 5.11 Å². The number of benzene rings is 2. The van der Waals surface area contributed by atoms with Crippen LogP contribution in [0.3, 0.4) is 0 Å². The summed E-state index contributed by atoms with van der Waals surface area (Å²) < 4.78 is 0.986. The first-order valence-corrected chi connectivity index (χ1v) is 13.1. The molecule has 0 aliphatic heterocycles. The molecule has 38 heavy (non-hydrogen) atoms. The first kappa shape index (κ1) is 24.3. The number of aromatic nitrogens is 2. The Balaban J connectivity index is 1.38. The van der Waals surface area contributed by atoms with E-state index in [2.05, 4.69) is 9.98 Å². The fourth-order valence-corrected chi connectivity index (χ4v) is 7.47. The Kier molecular flexibility index (Phi) is 5.63. The largest absolute Gasteiger partial charge is 0.493 e. The van der Waals surface area contributed by atoms with Gasteiger partial charge in [0, 0.05) is 12.3 Å². The Bertz CT molecular complexity index is 1580. The van der Waals surface area contributed by atoms with Crippen LogP contribution in [-0.2, 0) is 5.41 Å². The van der Waals surface area contributed by atoms with Gasteiger partial charge in [-0.25, -0.2) is 14.4 Å². The number of aromatic amines is 1. The summed E-state index contributed by atoms with van der Waals surface area (Å²) in [4.78, 5) is 43.2. The monoisotopic (exact) mass is 514 g/mol. The lowest BCUT2D eigenvalue weighted by Gasteiger charge is -2.57. The number of hydrogen-bond donors (Lipinski definition) is 2. The van der Waals surface area contributed by atoms with Crippen molar-refractivity contribution in [2.24, 2.45) is 22.7 Å². The molecule has 9 heteroatoms. The lowest BCUT2D eigenvalue weighted by Crippen LogP contribution is -2.48. The van der Waals surface area contributed by atoms with Crippen LogP contribution in [0.25, 0.3) is 5.69 Å². The van der Waals surface area contributed by atoms with E-state index in [0.717, 1.165) is 46.7 Å². The predicted molar refractivity (Wildman–Crippen MR) is 144 cm³/mol. The van der Waals surface area contributed by atoms with Gasteiger partial charge in [-0.2, -0.15) is 0 Å². The fraction of sp³-hybridized carbons (Fsp3) is 0.414. The average molecular weight is 515 g/mol. The normalized spacial score (nSPS) is 25.8. The van der Waals surface area contributed by atoms with Crippen molar-refractivity contribution in [1.29, 1.82) is 0 Å². The third kappa shape index (κ3) is 3.97. The van der Waals surface area contributed by atoms with Crippen LogP contribution in [0.15, 0.2) is 51.0 Å². The Morgan fingerprint density at radius 1 is 1.03 bits per heavy atom. The van der Waals surface area contributed by atoms with Crippen LogP contribution in [0.1, 0.15) is 60.8 Å². The summed E-state index contributed by atoms with van der Waals surface area (Å²) in [5.41, 5.74) is 1.38. The van der Waals surface area contributed by atoms with E-state index in [-0.39, 0.29) is 22.4 Å². The number of aromatic hydroxyl groups is 1. The van der Waals surface area contributed by atoms with Gasteiger partial charge in [-0.05, 0) is 110 Å². The number of H-pyrrole nitrogens is 1. The van der Waals surface area contributed by atoms with Gasteiger partial charge in [-0.15, -0.1) is 0 Å². The predicted octanol–water partition coefficient (Wildman–Crippen LogP) is 4.97. The Morgan fingerprint density at radius 3 is 2.29 bits per heavy atom. The van der Waals surface area contributed by atoms with E-state index in [9.17, 15) is 24.8 Å². The minimum absolute atomic E-state index is 0.00115. The fourth-order valence-electron chi connectivity index (χ4n) is 7.47. The van der Waals surface area contributed by atoms with Crippen LogP contribution < -0.4 is 11.2 Å². The van der Waals surface area contributed by atoms with Gasteiger partial charge in [0.05, 0.1) is 10.6 Å². The van der Waals surface area contributed by atoms with E-state index in [1.165, 1.54) is 19.3 Å². The summed E-state index contributed by atoms with van der Waals surface area (Å²) >= 11 is 0. The number of hydrogen-bond acceptors (Lipinski definition) is 6. The zero-order valence-corrected chi connectivity index (χ0v) is 21.4. The molecule has 0 saturated heterocycles. The molecule has 7 rings (SSSR count). The molecule has 4 aliphatic rings. The third-order valence-corrected chi connectivity index (χ3v) is 9.03. The molecular weight excluding hydrogens is 484 g/mol. The van der Waals surface area contributed by atoms with E-state index in [0.29, 0.717) is 23.4 Å². The molecule has 2 aromatic carbocycles. The van der Waals surface area contributed by atoms with Crippen LogP contribution in [-0.4, -0.2) is 25.8 Å². The number of aliphatic imine (C=N–C) groups is 1. The molecule has 1 heterocycles. The zero-order valence-electron chi connectivity index (χ0n) is 21.4. The van der Waals surface area contributed by atoms with Gasteiger partial charge in [-0.1, -0.05) is 12.1 Å². The standard InChI is InChI=1S/C29H30N4O5/c1-16-3-5-22(7-17(16)2)32-27(35)23(26(34)31-28(32)36)15-30-24-6-4-21(11-25(24)33(37)38)29-12-18-8-19(13-29)10-20(9-18)14-29/h3-7,11,15,18-20,35H,8-10,12-14H2,1-2H3,(H,31,34,36). The maximum atomic E-state index is 12.6. The van der Waals surface area contributed by atoms with Crippen molar-refractivity contribution in [2.75, 3.05) is 0 Å². The van der Waals surface area contributed by atoms with Gasteiger partial charge in [-0.3, -0.25) is 19.9 Å². The lowest BCUT2D eigenvalue weighted by atomic mass is 9.48. The highest BCUT2D eigenvalue weighted by molar-refractivity contribution is 5.85. The molecule has 0 atom stereocenters. The quantitative estimate of drug-likeness (QED) is 0.282. The first-order valence-electron chi connectivity index (χ1n) is 13.1. The molecule has 9 nitrogen and oxygen atoms in total. The number of aryl methyl sites for hydroxylation is 2. The number of nitro groups is 1. The Labute approximate surface area is 219 Å². The van der Waals surface area contributed by atoms with Crippen molar-refractivity contribution in [3.63, 3.8) is 0 Å². The van der Waals surface area contributed by atoms with Gasteiger partial charge in [0.15, 0.2) is 0 Å². The highest BCUT2D eigenvalue weighted by atomic mass is 16.6. The molecule has 196 valence electrons. The van der Waals surface area contributed by atoms with Gasteiger partial charge >= 0.3 is 5.69 Å². The molecular formula is C29H30N4O5. The van der Waals surface area contributed by atoms with E-state index < -0.39 is 22.1 Å². The van der Waals surface area contributed by atoms with Crippen molar-refractivity contribution >= 4 is 17.6 Å². The van der Waals surface area contributed by atoms with E-state index >= 15 is 0 Å². The van der Waals surface area contributed by atoms with Gasteiger partial charge in [0.25, 0.3) is 11.2 Å². The molecule has 0 unspecified atom stereocenters. The van der Waals surface area contributed by atoms with Crippen LogP contribution in [0.4, 0.5) is 11.4 Å². The number of rotatable bonds is 5. The Hall–Kier alpha value is -4.01. The van der Waals surface area contributed by atoms with E-state index in [1.54, 1.807) is 24.3 Å². The molecule has 3 aromatic rings. The summed E-state index contributed by atoms with van der Waals surface area (Å²) in [6.07, 6.45) is 8.19. The average Bonchev–Trinajstić information content (AvgIpc) is 2.85. The van der Waals surface area contributed by atoms with Crippen LogP contribution in [0.5, 0.6) is 5.88 Å². The summed E-state index contributed by atoms with van der Waals surface area (Å²) in [5, 5.41) is 22.9. The smallest absolute Gasteiger partial charge is 0.335 e. The first-order chi connectivity index (χ1) is 18.1. The van der Waals surface area contributed by atoms with Crippen molar-refractivity contribution in [2.45, 2.75) is 57.8 Å². The molecule has 4 fully saturated rings. The molecule has 0 amide bonds. The zero-order chi connectivity index (χ0) is 26.8. The second kappa shape index (κ2) is 8.79. The minimum atomic E-state index is -0.829. The summed E-state index contributed by atoms with van der Waals surface area (Å²) in [5.74, 6) is 1.54. The number of nitro benzene ring substituents is 1. The molecule has 4 saturated carbocycles. The lowest BCUT2D eigenvalue weighted by molar-refractivity contribution is -0.384.